The van der Waals surface area contributed by atoms with Crippen molar-refractivity contribution in [1.29, 1.82) is 0 Å². The van der Waals surface area contributed by atoms with Crippen LogP contribution in [0.15, 0.2) is 109 Å². The molecular formula is C27H20O6. The van der Waals surface area contributed by atoms with E-state index in [4.69, 9.17) is 18.9 Å². The predicted octanol–water partition coefficient (Wildman–Crippen LogP) is 6.43. The number of carbonyl (C=O) groups is 2. The fourth-order valence-electron chi connectivity index (χ4n) is 2.99. The fraction of sp³-hybridized carbons (Fsp3) is 0.0370. The Labute approximate surface area is 190 Å². The largest absolute Gasteiger partial charge is 0.519 e. The normalized spacial score (nSPS) is 10.2. The summed E-state index contributed by atoms with van der Waals surface area (Å²) in [5, 5.41) is 0. The number of ether oxygens (including phenoxy) is 4. The molecule has 0 aliphatic rings. The van der Waals surface area contributed by atoms with Gasteiger partial charge in [0, 0.05) is 0 Å². The summed E-state index contributed by atoms with van der Waals surface area (Å²) >= 11 is 0. The quantitative estimate of drug-likeness (QED) is 0.254. The minimum atomic E-state index is -0.796. The summed E-state index contributed by atoms with van der Waals surface area (Å²) in [6.45, 7) is 0. The highest BCUT2D eigenvalue weighted by molar-refractivity contribution is 5.67. The molecule has 33 heavy (non-hydrogen) atoms. The molecule has 4 rings (SSSR count). The molecular weight excluding hydrogens is 420 g/mol. The minimum absolute atomic E-state index is 0.389. The van der Waals surface area contributed by atoms with Crippen molar-refractivity contribution in [3.05, 3.63) is 120 Å². The Balaban J connectivity index is 1.27. The van der Waals surface area contributed by atoms with Gasteiger partial charge in [-0.3, -0.25) is 0 Å². The lowest BCUT2D eigenvalue weighted by Gasteiger charge is -2.08. The van der Waals surface area contributed by atoms with Crippen LogP contribution in [-0.4, -0.2) is 12.3 Å². The Morgan fingerprint density at radius 2 is 0.727 bits per heavy atom. The second-order valence-electron chi connectivity index (χ2n) is 7.00. The lowest BCUT2D eigenvalue weighted by molar-refractivity contribution is 0.150. The molecule has 0 heterocycles. The van der Waals surface area contributed by atoms with Gasteiger partial charge in [-0.15, -0.1) is 0 Å². The third kappa shape index (κ3) is 6.70. The number of benzene rings is 4. The fourth-order valence-corrected chi connectivity index (χ4v) is 2.99. The first-order valence-electron chi connectivity index (χ1n) is 10.2. The second-order valence-corrected chi connectivity index (χ2v) is 7.00. The highest BCUT2D eigenvalue weighted by Gasteiger charge is 2.09. The van der Waals surface area contributed by atoms with Crippen molar-refractivity contribution >= 4 is 12.3 Å². The first kappa shape index (κ1) is 21.6. The van der Waals surface area contributed by atoms with E-state index in [0.29, 0.717) is 29.4 Å². The number of rotatable bonds is 6. The zero-order valence-electron chi connectivity index (χ0n) is 17.5. The van der Waals surface area contributed by atoms with Gasteiger partial charge in [-0.1, -0.05) is 60.7 Å². The Morgan fingerprint density at radius 1 is 0.424 bits per heavy atom. The molecule has 0 N–H and O–H groups in total. The van der Waals surface area contributed by atoms with Crippen LogP contribution in [0.4, 0.5) is 9.59 Å². The van der Waals surface area contributed by atoms with Crippen molar-refractivity contribution in [2.24, 2.45) is 0 Å². The molecule has 0 unspecified atom stereocenters. The van der Waals surface area contributed by atoms with E-state index in [2.05, 4.69) is 0 Å². The monoisotopic (exact) mass is 440 g/mol. The van der Waals surface area contributed by atoms with Gasteiger partial charge in [0.1, 0.15) is 23.0 Å². The van der Waals surface area contributed by atoms with E-state index in [0.717, 1.165) is 11.1 Å². The van der Waals surface area contributed by atoms with E-state index >= 15 is 0 Å². The Bertz CT molecular complexity index is 1090. The summed E-state index contributed by atoms with van der Waals surface area (Å²) in [6, 6.07) is 31.7. The third-order valence-corrected chi connectivity index (χ3v) is 4.55. The molecule has 4 aromatic carbocycles. The standard InChI is InChI=1S/C27H20O6/c28-26(30-22-7-3-1-4-8-22)32-24-15-11-20(12-16-24)19-21-13-17-25(18-14-21)33-27(29)31-23-9-5-2-6-10-23/h1-18H,19H2. The lowest BCUT2D eigenvalue weighted by atomic mass is 10.0. The van der Waals surface area contributed by atoms with Gasteiger partial charge in [-0.05, 0) is 66.1 Å². The predicted molar refractivity (Wildman–Crippen MR) is 122 cm³/mol. The van der Waals surface area contributed by atoms with Crippen LogP contribution in [-0.2, 0) is 6.42 Å². The molecule has 0 atom stereocenters. The van der Waals surface area contributed by atoms with Crippen molar-refractivity contribution in [1.82, 2.24) is 0 Å². The van der Waals surface area contributed by atoms with Crippen LogP contribution in [0.1, 0.15) is 11.1 Å². The van der Waals surface area contributed by atoms with Crippen LogP contribution < -0.4 is 18.9 Å². The van der Waals surface area contributed by atoms with Gasteiger partial charge in [0.25, 0.3) is 0 Å². The summed E-state index contributed by atoms with van der Waals surface area (Å²) in [5.74, 6) is 1.61. The molecule has 6 heteroatoms. The van der Waals surface area contributed by atoms with Gasteiger partial charge in [0.15, 0.2) is 0 Å². The smallest absolute Gasteiger partial charge is 0.395 e. The summed E-state index contributed by atoms with van der Waals surface area (Å²) in [4.78, 5) is 23.8. The van der Waals surface area contributed by atoms with Crippen LogP contribution in [0.25, 0.3) is 0 Å². The summed E-state index contributed by atoms with van der Waals surface area (Å²) < 4.78 is 20.6. The van der Waals surface area contributed by atoms with Gasteiger partial charge in [0.2, 0.25) is 0 Å². The molecule has 0 aliphatic heterocycles. The van der Waals surface area contributed by atoms with E-state index in [1.165, 1.54) is 0 Å². The van der Waals surface area contributed by atoms with E-state index in [9.17, 15) is 9.59 Å². The van der Waals surface area contributed by atoms with Gasteiger partial charge in [0.05, 0.1) is 0 Å². The van der Waals surface area contributed by atoms with Crippen LogP contribution in [0.5, 0.6) is 23.0 Å². The van der Waals surface area contributed by atoms with Crippen molar-refractivity contribution in [3.63, 3.8) is 0 Å². The lowest BCUT2D eigenvalue weighted by Crippen LogP contribution is -2.13. The molecule has 0 saturated heterocycles. The highest BCUT2D eigenvalue weighted by atomic mass is 16.7. The Hall–Kier alpha value is -4.58. The van der Waals surface area contributed by atoms with Crippen LogP contribution in [0, 0.1) is 0 Å². The number of hydrogen-bond donors (Lipinski definition) is 0. The SMILES string of the molecule is O=C(Oc1ccccc1)Oc1ccc(Cc2ccc(OC(=O)Oc3ccccc3)cc2)cc1. The Kier molecular flexibility index (Phi) is 6.98. The summed E-state index contributed by atoms with van der Waals surface area (Å²) in [5.41, 5.74) is 2.05. The first-order chi connectivity index (χ1) is 16.1. The number of carbonyl (C=O) groups excluding carboxylic acids is 2. The molecule has 6 nitrogen and oxygen atoms in total. The second kappa shape index (κ2) is 10.6. The first-order valence-corrected chi connectivity index (χ1v) is 10.2. The van der Waals surface area contributed by atoms with Gasteiger partial charge < -0.3 is 18.9 Å². The summed E-state index contributed by atoms with van der Waals surface area (Å²) in [6.07, 6.45) is -0.936. The van der Waals surface area contributed by atoms with E-state index < -0.39 is 12.3 Å². The third-order valence-electron chi connectivity index (χ3n) is 4.55. The van der Waals surface area contributed by atoms with Gasteiger partial charge >= 0.3 is 12.3 Å². The van der Waals surface area contributed by atoms with Crippen LogP contribution in [0.3, 0.4) is 0 Å². The molecule has 0 saturated carbocycles. The van der Waals surface area contributed by atoms with Gasteiger partial charge in [-0.25, -0.2) is 9.59 Å². The van der Waals surface area contributed by atoms with Gasteiger partial charge in [-0.2, -0.15) is 0 Å². The molecule has 0 bridgehead atoms. The molecule has 4 aromatic rings. The van der Waals surface area contributed by atoms with Crippen LogP contribution >= 0.6 is 0 Å². The van der Waals surface area contributed by atoms with E-state index in [1.807, 2.05) is 36.4 Å². The maximum atomic E-state index is 11.9. The summed E-state index contributed by atoms with van der Waals surface area (Å²) in [7, 11) is 0. The molecule has 0 amide bonds. The van der Waals surface area contributed by atoms with E-state index in [-0.39, 0.29) is 0 Å². The molecule has 164 valence electrons. The average Bonchev–Trinajstić information content (AvgIpc) is 2.83. The molecule has 0 radical (unpaired) electrons. The topological polar surface area (TPSA) is 71.1 Å². The maximum Gasteiger partial charge on any atom is 0.519 e. The Morgan fingerprint density at radius 3 is 1.06 bits per heavy atom. The highest BCUT2D eigenvalue weighted by Crippen LogP contribution is 2.19. The maximum absolute atomic E-state index is 11.9. The number of hydrogen-bond acceptors (Lipinski definition) is 6. The molecule has 0 fully saturated rings. The van der Waals surface area contributed by atoms with Crippen LogP contribution in [0.2, 0.25) is 0 Å². The number of para-hydroxylation sites is 2. The zero-order valence-corrected chi connectivity index (χ0v) is 17.5. The molecule has 0 aliphatic carbocycles. The van der Waals surface area contributed by atoms with Crippen molar-refractivity contribution < 1.29 is 28.5 Å². The minimum Gasteiger partial charge on any atom is -0.395 e. The van der Waals surface area contributed by atoms with Crippen molar-refractivity contribution in [2.45, 2.75) is 6.42 Å². The van der Waals surface area contributed by atoms with E-state index in [1.54, 1.807) is 72.8 Å². The molecule has 0 spiro atoms. The zero-order chi connectivity index (χ0) is 22.9. The van der Waals surface area contributed by atoms with Crippen molar-refractivity contribution in [2.75, 3.05) is 0 Å². The average molecular weight is 440 g/mol. The van der Waals surface area contributed by atoms with Crippen molar-refractivity contribution in [3.8, 4) is 23.0 Å². The molecule has 0 aromatic heterocycles.